The average Bonchev–Trinajstić information content (AvgIpc) is 3.12. The van der Waals surface area contributed by atoms with Gasteiger partial charge in [-0.1, -0.05) is 72.8 Å². The lowest BCUT2D eigenvalue weighted by Gasteiger charge is -2.25. The number of nitrogens with one attached hydrogen (secondary N) is 1. The summed E-state index contributed by atoms with van der Waals surface area (Å²) in [4.78, 5) is 40.9. The molecule has 0 unspecified atom stereocenters. The van der Waals surface area contributed by atoms with E-state index in [0.717, 1.165) is 17.0 Å². The van der Waals surface area contributed by atoms with E-state index in [1.165, 1.54) is 12.1 Å². The van der Waals surface area contributed by atoms with Crippen LogP contribution in [0.1, 0.15) is 35.2 Å². The van der Waals surface area contributed by atoms with Crippen LogP contribution in [0.4, 0.5) is 18.0 Å². The van der Waals surface area contributed by atoms with Crippen molar-refractivity contribution in [2.24, 2.45) is 0 Å². The summed E-state index contributed by atoms with van der Waals surface area (Å²) in [6.45, 7) is 1.50. The van der Waals surface area contributed by atoms with Crippen molar-refractivity contribution >= 4 is 17.9 Å². The molecule has 3 amide bonds. The monoisotopic (exact) mass is 496 g/mol. The van der Waals surface area contributed by atoms with Crippen LogP contribution in [0.3, 0.4) is 0 Å². The zero-order chi connectivity index (χ0) is 25.9. The third-order valence-electron chi connectivity index (χ3n) is 6.09. The first-order chi connectivity index (χ1) is 17.1. The number of hydrogen-bond donors (Lipinski definition) is 1. The molecule has 1 fully saturated rings. The molecule has 1 N–H and O–H groups in total. The van der Waals surface area contributed by atoms with E-state index >= 15 is 0 Å². The molecule has 1 heterocycles. The van der Waals surface area contributed by atoms with Gasteiger partial charge in [0.25, 0.3) is 17.4 Å². The molecule has 0 bridgehead atoms. The highest BCUT2D eigenvalue weighted by Crippen LogP contribution is 2.35. The van der Waals surface area contributed by atoms with E-state index < -0.39 is 41.3 Å². The van der Waals surface area contributed by atoms with Gasteiger partial charge in [-0.2, -0.15) is 13.2 Å². The number of rotatable bonds is 7. The minimum absolute atomic E-state index is 0.160. The number of cyclic esters (lactones) is 1. The van der Waals surface area contributed by atoms with E-state index in [0.29, 0.717) is 16.7 Å². The van der Waals surface area contributed by atoms with Gasteiger partial charge < -0.3 is 10.1 Å². The summed E-state index contributed by atoms with van der Waals surface area (Å²) < 4.78 is 44.0. The van der Waals surface area contributed by atoms with E-state index in [9.17, 15) is 27.6 Å². The van der Waals surface area contributed by atoms with Crippen LogP contribution in [0.2, 0.25) is 0 Å². The molecule has 186 valence electrons. The molecule has 3 aromatic rings. The van der Waals surface area contributed by atoms with Crippen molar-refractivity contribution in [3.8, 4) is 0 Å². The molecule has 1 aliphatic rings. The summed E-state index contributed by atoms with van der Waals surface area (Å²) in [5.41, 5.74) is -1.31. The lowest BCUT2D eigenvalue weighted by atomic mass is 9.91. The topological polar surface area (TPSA) is 75.7 Å². The van der Waals surface area contributed by atoms with Gasteiger partial charge in [0.15, 0.2) is 0 Å². The first-order valence-electron chi connectivity index (χ1n) is 11.2. The van der Waals surface area contributed by atoms with Gasteiger partial charge in [0.1, 0.15) is 0 Å². The molecular formula is C27H23F3N2O4. The fourth-order valence-electron chi connectivity index (χ4n) is 4.09. The van der Waals surface area contributed by atoms with Crippen LogP contribution in [0.25, 0.3) is 0 Å². The van der Waals surface area contributed by atoms with E-state index in [1.807, 2.05) is 0 Å². The number of imide groups is 1. The van der Waals surface area contributed by atoms with E-state index in [-0.39, 0.29) is 13.0 Å². The van der Waals surface area contributed by atoms with E-state index in [1.54, 1.807) is 67.6 Å². The fraction of sp³-hybridized carbons (Fsp3) is 0.222. The molecule has 6 nitrogen and oxygen atoms in total. The summed E-state index contributed by atoms with van der Waals surface area (Å²) in [7, 11) is 0. The molecule has 36 heavy (non-hydrogen) atoms. The molecule has 4 rings (SSSR count). The maximum absolute atomic E-state index is 13.7. The highest BCUT2D eigenvalue weighted by molar-refractivity contribution is 6.17. The lowest BCUT2D eigenvalue weighted by Crippen LogP contribution is -2.55. The Hall–Kier alpha value is -4.14. The zero-order valence-corrected chi connectivity index (χ0v) is 19.3. The molecule has 1 saturated heterocycles. The van der Waals surface area contributed by atoms with Crippen LogP contribution >= 0.6 is 0 Å². The van der Waals surface area contributed by atoms with Crippen molar-refractivity contribution in [2.45, 2.75) is 37.7 Å². The SMILES string of the molecule is C[C@H](c1ccccc1)N1C(=O)O[C@](Cc2ccccc2)(C(=O)NCc2ccc(C(F)(F)F)cc2)C1=O. The van der Waals surface area contributed by atoms with Crippen molar-refractivity contribution in [3.05, 3.63) is 107 Å². The quantitative estimate of drug-likeness (QED) is 0.465. The van der Waals surface area contributed by atoms with Crippen LogP contribution in [-0.4, -0.2) is 28.4 Å². The van der Waals surface area contributed by atoms with Crippen molar-refractivity contribution in [2.75, 3.05) is 0 Å². The summed E-state index contributed by atoms with van der Waals surface area (Å²) in [5.74, 6) is -1.66. The Kier molecular flexibility index (Phi) is 6.83. The summed E-state index contributed by atoms with van der Waals surface area (Å²) in [6, 6.07) is 21.1. The Morgan fingerprint density at radius 2 is 1.50 bits per heavy atom. The highest BCUT2D eigenvalue weighted by Gasteiger charge is 2.60. The average molecular weight is 496 g/mol. The molecule has 0 saturated carbocycles. The van der Waals surface area contributed by atoms with Gasteiger partial charge in [0.05, 0.1) is 11.6 Å². The smallest absolute Gasteiger partial charge is 0.418 e. The summed E-state index contributed by atoms with van der Waals surface area (Å²) in [5, 5.41) is 2.57. The van der Waals surface area contributed by atoms with Gasteiger partial charge in [-0.05, 0) is 35.7 Å². The Morgan fingerprint density at radius 3 is 2.08 bits per heavy atom. The normalized spacial score (nSPS) is 18.6. The number of amides is 3. The van der Waals surface area contributed by atoms with Crippen molar-refractivity contribution in [1.29, 1.82) is 0 Å². The van der Waals surface area contributed by atoms with Gasteiger partial charge in [0.2, 0.25) is 0 Å². The van der Waals surface area contributed by atoms with Crippen LogP contribution in [0.15, 0.2) is 84.9 Å². The standard InChI is InChI=1S/C27H23F3N2O4/c1-18(21-10-6-3-7-11-21)32-24(34)26(36-25(32)35,16-19-8-4-2-5-9-19)23(33)31-17-20-12-14-22(15-13-20)27(28,29)30/h2-15,18H,16-17H2,1H3,(H,31,33)/t18-,26-/m1/s1. The molecule has 9 heteroatoms. The second kappa shape index (κ2) is 9.85. The van der Waals surface area contributed by atoms with Gasteiger partial charge in [-0.3, -0.25) is 9.59 Å². The second-order valence-corrected chi connectivity index (χ2v) is 8.50. The van der Waals surface area contributed by atoms with Gasteiger partial charge >= 0.3 is 12.3 Å². The van der Waals surface area contributed by atoms with Crippen LogP contribution in [0, 0.1) is 0 Å². The number of hydrogen-bond acceptors (Lipinski definition) is 4. The number of alkyl halides is 3. The predicted octanol–water partition coefficient (Wildman–Crippen LogP) is 5.04. The summed E-state index contributed by atoms with van der Waals surface area (Å²) in [6.07, 6.45) is -5.63. The Balaban J connectivity index is 1.60. The molecule has 1 aliphatic heterocycles. The zero-order valence-electron chi connectivity index (χ0n) is 19.3. The van der Waals surface area contributed by atoms with Crippen molar-refractivity contribution in [1.82, 2.24) is 10.2 Å². The minimum Gasteiger partial charge on any atom is -0.422 e. The number of benzene rings is 3. The molecule has 0 radical (unpaired) electrons. The number of ether oxygens (including phenoxy) is 1. The number of carbonyl (C=O) groups excluding carboxylic acids is 3. The molecule has 2 atom stereocenters. The highest BCUT2D eigenvalue weighted by atomic mass is 19.4. The lowest BCUT2D eigenvalue weighted by molar-refractivity contribution is -0.150. The number of nitrogens with zero attached hydrogens (tertiary/aromatic N) is 1. The second-order valence-electron chi connectivity index (χ2n) is 8.50. The molecule has 0 aromatic heterocycles. The number of carbonyl (C=O) groups is 3. The Morgan fingerprint density at radius 1 is 0.917 bits per heavy atom. The first kappa shape index (κ1) is 25.0. The van der Waals surface area contributed by atoms with Gasteiger partial charge in [0, 0.05) is 13.0 Å². The maximum atomic E-state index is 13.7. The Labute approximate surface area is 205 Å². The third kappa shape index (κ3) is 4.95. The molecule has 3 aromatic carbocycles. The van der Waals surface area contributed by atoms with Gasteiger partial charge in [-0.15, -0.1) is 0 Å². The van der Waals surface area contributed by atoms with E-state index in [2.05, 4.69) is 5.32 Å². The fourth-order valence-corrected chi connectivity index (χ4v) is 4.09. The number of halogens is 3. The molecule has 0 spiro atoms. The maximum Gasteiger partial charge on any atom is 0.418 e. The molecular weight excluding hydrogens is 473 g/mol. The molecule has 0 aliphatic carbocycles. The minimum atomic E-state index is -4.48. The van der Waals surface area contributed by atoms with Gasteiger partial charge in [-0.25, -0.2) is 9.69 Å². The van der Waals surface area contributed by atoms with Crippen molar-refractivity contribution in [3.63, 3.8) is 0 Å². The van der Waals surface area contributed by atoms with E-state index in [4.69, 9.17) is 4.74 Å². The first-order valence-corrected chi connectivity index (χ1v) is 11.2. The third-order valence-corrected chi connectivity index (χ3v) is 6.09. The van der Waals surface area contributed by atoms with Crippen LogP contribution in [0.5, 0.6) is 0 Å². The van der Waals surface area contributed by atoms with Crippen LogP contribution in [-0.2, 0) is 33.5 Å². The predicted molar refractivity (Wildman–Crippen MR) is 124 cm³/mol. The van der Waals surface area contributed by atoms with Crippen molar-refractivity contribution < 1.29 is 32.3 Å². The summed E-state index contributed by atoms with van der Waals surface area (Å²) >= 11 is 0. The largest absolute Gasteiger partial charge is 0.422 e. The van der Waals surface area contributed by atoms with Crippen LogP contribution < -0.4 is 5.32 Å². The Bertz CT molecular complexity index is 1250.